The number of benzene rings is 1. The Hall–Kier alpha value is -1.03. The Balaban J connectivity index is 2.69. The van der Waals surface area contributed by atoms with Crippen LogP contribution in [0.5, 0.6) is 0 Å². The lowest BCUT2D eigenvalue weighted by Crippen LogP contribution is -2.09. The third-order valence-electron chi connectivity index (χ3n) is 1.43. The molecule has 1 aromatic carbocycles. The standard InChI is InChI=1S/C9H7ClF3N/c10-8(14-6-9(11,12)13)7-4-2-1-3-5-7/h1-6,8H/b14-6+. The largest absolute Gasteiger partial charge is 0.426 e. The van der Waals surface area contributed by atoms with Crippen LogP contribution in [0, 0.1) is 0 Å². The molecule has 1 aromatic rings. The predicted molar refractivity (Wildman–Crippen MR) is 49.6 cm³/mol. The first kappa shape index (κ1) is 11.0. The summed E-state index contributed by atoms with van der Waals surface area (Å²) in [6, 6.07) is 8.36. The van der Waals surface area contributed by atoms with E-state index >= 15 is 0 Å². The number of nitrogens with zero attached hydrogens (tertiary/aromatic N) is 1. The quantitative estimate of drug-likeness (QED) is 0.411. The van der Waals surface area contributed by atoms with Crippen LogP contribution in [-0.4, -0.2) is 12.4 Å². The number of alkyl halides is 4. The molecule has 0 aliphatic rings. The van der Waals surface area contributed by atoms with Crippen molar-refractivity contribution in [3.8, 4) is 0 Å². The normalized spacial score (nSPS) is 14.6. The Kier molecular flexibility index (Phi) is 3.52. The lowest BCUT2D eigenvalue weighted by molar-refractivity contribution is -0.0537. The van der Waals surface area contributed by atoms with Gasteiger partial charge in [0.2, 0.25) is 0 Å². The second-order valence-corrected chi connectivity index (χ2v) is 2.98. The molecule has 0 fully saturated rings. The van der Waals surface area contributed by atoms with Gasteiger partial charge in [0.15, 0.2) is 0 Å². The van der Waals surface area contributed by atoms with Crippen LogP contribution in [0.4, 0.5) is 13.2 Å². The number of hydrogen-bond acceptors (Lipinski definition) is 1. The summed E-state index contributed by atoms with van der Waals surface area (Å²) in [6.45, 7) is 0. The molecule has 1 nitrogen and oxygen atoms in total. The molecule has 0 spiro atoms. The van der Waals surface area contributed by atoms with Crippen LogP contribution in [0.15, 0.2) is 35.3 Å². The lowest BCUT2D eigenvalue weighted by atomic mass is 10.2. The van der Waals surface area contributed by atoms with E-state index in [9.17, 15) is 13.2 Å². The van der Waals surface area contributed by atoms with E-state index in [0.29, 0.717) is 5.56 Å². The van der Waals surface area contributed by atoms with Gasteiger partial charge >= 0.3 is 6.18 Å². The number of halogens is 4. The van der Waals surface area contributed by atoms with E-state index in [0.717, 1.165) is 0 Å². The number of aliphatic imine (C=N–C) groups is 1. The zero-order valence-corrected chi connectivity index (χ0v) is 7.76. The number of hydrogen-bond donors (Lipinski definition) is 0. The van der Waals surface area contributed by atoms with Crippen LogP contribution < -0.4 is 0 Å². The summed E-state index contributed by atoms with van der Waals surface area (Å²) in [4.78, 5) is 3.18. The van der Waals surface area contributed by atoms with Crippen molar-refractivity contribution in [1.82, 2.24) is 0 Å². The van der Waals surface area contributed by atoms with Gasteiger partial charge in [-0.1, -0.05) is 41.9 Å². The molecule has 0 amide bonds. The zero-order valence-electron chi connectivity index (χ0n) is 7.00. The second kappa shape index (κ2) is 4.46. The highest BCUT2D eigenvalue weighted by molar-refractivity contribution is 6.21. The lowest BCUT2D eigenvalue weighted by Gasteiger charge is -2.04. The summed E-state index contributed by atoms with van der Waals surface area (Å²) in [6.07, 6.45) is -4.51. The predicted octanol–water partition coefficient (Wildman–Crippen LogP) is 3.56. The highest BCUT2D eigenvalue weighted by Crippen LogP contribution is 2.22. The number of rotatable bonds is 2. The molecule has 0 saturated heterocycles. The zero-order chi connectivity index (χ0) is 10.6. The van der Waals surface area contributed by atoms with Gasteiger partial charge in [-0.2, -0.15) is 13.2 Å². The molecule has 1 rings (SSSR count). The van der Waals surface area contributed by atoms with Gasteiger partial charge < -0.3 is 0 Å². The fraction of sp³-hybridized carbons (Fsp3) is 0.222. The average molecular weight is 222 g/mol. The van der Waals surface area contributed by atoms with Gasteiger partial charge in [-0.05, 0) is 5.56 Å². The summed E-state index contributed by atoms with van der Waals surface area (Å²) >= 11 is 5.61. The fourth-order valence-electron chi connectivity index (χ4n) is 0.848. The van der Waals surface area contributed by atoms with Gasteiger partial charge in [-0.25, -0.2) is 0 Å². The van der Waals surface area contributed by atoms with E-state index in [-0.39, 0.29) is 6.21 Å². The molecule has 0 aliphatic heterocycles. The van der Waals surface area contributed by atoms with Crippen molar-refractivity contribution in [3.63, 3.8) is 0 Å². The van der Waals surface area contributed by atoms with E-state index in [4.69, 9.17) is 11.6 Å². The molecule has 76 valence electrons. The molecule has 1 atom stereocenters. The minimum atomic E-state index is -4.41. The average Bonchev–Trinajstić information content (AvgIpc) is 2.14. The van der Waals surface area contributed by atoms with E-state index < -0.39 is 11.7 Å². The van der Waals surface area contributed by atoms with Crippen LogP contribution in [0.3, 0.4) is 0 Å². The highest BCUT2D eigenvalue weighted by atomic mass is 35.5. The van der Waals surface area contributed by atoms with E-state index in [2.05, 4.69) is 4.99 Å². The Bertz CT molecular complexity index is 308. The summed E-state index contributed by atoms with van der Waals surface area (Å²) in [5.74, 6) is 0. The molecular weight excluding hydrogens is 215 g/mol. The first-order valence-electron chi connectivity index (χ1n) is 3.79. The molecule has 0 bridgehead atoms. The van der Waals surface area contributed by atoms with Gasteiger partial charge in [0.1, 0.15) is 11.7 Å². The SMILES string of the molecule is FC(F)(F)/C=N/C(Cl)c1ccccc1. The Morgan fingerprint density at radius 1 is 1.21 bits per heavy atom. The van der Waals surface area contributed by atoms with Crippen molar-refractivity contribution in [3.05, 3.63) is 35.9 Å². The summed E-state index contributed by atoms with van der Waals surface area (Å²) in [7, 11) is 0. The van der Waals surface area contributed by atoms with Crippen molar-refractivity contribution >= 4 is 17.8 Å². The van der Waals surface area contributed by atoms with Gasteiger partial charge in [0, 0.05) is 0 Å². The summed E-state index contributed by atoms with van der Waals surface area (Å²) in [5, 5.41) is 0. The Morgan fingerprint density at radius 2 is 1.79 bits per heavy atom. The van der Waals surface area contributed by atoms with Crippen LogP contribution in [0.1, 0.15) is 11.1 Å². The smallest absolute Gasteiger partial charge is 0.264 e. The van der Waals surface area contributed by atoms with E-state index in [1.165, 1.54) is 0 Å². The third-order valence-corrected chi connectivity index (χ3v) is 1.79. The molecule has 14 heavy (non-hydrogen) atoms. The van der Waals surface area contributed by atoms with Gasteiger partial charge in [-0.3, -0.25) is 4.99 Å². The van der Waals surface area contributed by atoms with E-state index in [1.54, 1.807) is 30.3 Å². The van der Waals surface area contributed by atoms with Crippen molar-refractivity contribution in [1.29, 1.82) is 0 Å². The molecular formula is C9H7ClF3N. The first-order chi connectivity index (χ1) is 6.49. The third kappa shape index (κ3) is 3.79. The van der Waals surface area contributed by atoms with Crippen LogP contribution in [0.2, 0.25) is 0 Å². The summed E-state index contributed by atoms with van der Waals surface area (Å²) in [5.41, 5.74) is -0.451. The minimum Gasteiger partial charge on any atom is -0.264 e. The van der Waals surface area contributed by atoms with Gasteiger partial charge in [0.05, 0.1) is 0 Å². The molecule has 0 saturated carbocycles. The molecule has 0 aliphatic carbocycles. The molecule has 0 radical (unpaired) electrons. The molecule has 0 heterocycles. The first-order valence-corrected chi connectivity index (χ1v) is 4.23. The fourth-order valence-corrected chi connectivity index (χ4v) is 1.05. The summed E-state index contributed by atoms with van der Waals surface area (Å²) < 4.78 is 35.2. The van der Waals surface area contributed by atoms with Crippen molar-refractivity contribution in [2.75, 3.05) is 0 Å². The Labute approximate surface area is 84.2 Å². The minimum absolute atomic E-state index is 0.0995. The maximum atomic E-state index is 11.7. The van der Waals surface area contributed by atoms with Gasteiger partial charge in [-0.15, -0.1) is 0 Å². The second-order valence-electron chi connectivity index (χ2n) is 2.57. The monoisotopic (exact) mass is 221 g/mol. The van der Waals surface area contributed by atoms with Crippen LogP contribution in [-0.2, 0) is 0 Å². The maximum Gasteiger partial charge on any atom is 0.426 e. The molecule has 0 N–H and O–H groups in total. The molecule has 1 unspecified atom stereocenters. The highest BCUT2D eigenvalue weighted by Gasteiger charge is 2.24. The van der Waals surface area contributed by atoms with Crippen LogP contribution in [0.25, 0.3) is 0 Å². The molecule has 0 aromatic heterocycles. The van der Waals surface area contributed by atoms with Crippen molar-refractivity contribution < 1.29 is 13.2 Å². The Morgan fingerprint density at radius 3 is 2.29 bits per heavy atom. The van der Waals surface area contributed by atoms with Crippen molar-refractivity contribution in [2.45, 2.75) is 11.7 Å². The van der Waals surface area contributed by atoms with E-state index in [1.807, 2.05) is 0 Å². The molecule has 5 heteroatoms. The van der Waals surface area contributed by atoms with Gasteiger partial charge in [0.25, 0.3) is 0 Å². The van der Waals surface area contributed by atoms with Crippen molar-refractivity contribution in [2.24, 2.45) is 4.99 Å². The topological polar surface area (TPSA) is 12.4 Å². The maximum absolute atomic E-state index is 11.7. The van der Waals surface area contributed by atoms with Crippen LogP contribution >= 0.6 is 11.6 Å².